The summed E-state index contributed by atoms with van der Waals surface area (Å²) in [5.74, 6) is 0. The normalized spacial score (nSPS) is 14.6. The van der Waals surface area contributed by atoms with Crippen LogP contribution in [0.4, 0.5) is 5.69 Å². The van der Waals surface area contributed by atoms with Gasteiger partial charge in [-0.3, -0.25) is 4.31 Å². The van der Waals surface area contributed by atoms with Gasteiger partial charge in [-0.2, -0.15) is 0 Å². The minimum Gasteiger partial charge on any atom is -0.391 e. The minimum absolute atomic E-state index is 0.122. The molecule has 0 atom stereocenters. The molecule has 6 heteroatoms. The molecule has 3 rings (SSSR count). The number of fused-ring (bicyclic) bond motifs is 1. The van der Waals surface area contributed by atoms with Crippen LogP contribution in [0.2, 0.25) is 0 Å². The maximum Gasteiger partial charge on any atom is 0.273 e. The fourth-order valence-electron chi connectivity index (χ4n) is 2.44. The van der Waals surface area contributed by atoms with Gasteiger partial charge in [-0.05, 0) is 36.6 Å². The van der Waals surface area contributed by atoms with Gasteiger partial charge in [0.1, 0.15) is 4.21 Å². The molecule has 0 unspecified atom stereocenters. The highest BCUT2D eigenvalue weighted by Crippen LogP contribution is 2.35. The first kappa shape index (κ1) is 13.6. The van der Waals surface area contributed by atoms with Crippen molar-refractivity contribution >= 4 is 27.0 Å². The number of benzene rings is 1. The van der Waals surface area contributed by atoms with Crippen LogP contribution in [0.1, 0.15) is 16.0 Å². The molecule has 1 aliphatic heterocycles. The number of aryl methyl sites for hydroxylation is 1. The van der Waals surface area contributed by atoms with E-state index in [1.165, 1.54) is 4.31 Å². The molecule has 1 N–H and O–H groups in total. The van der Waals surface area contributed by atoms with E-state index in [1.54, 1.807) is 6.07 Å². The second-order valence-electron chi connectivity index (χ2n) is 4.79. The number of hydrogen-bond acceptors (Lipinski definition) is 4. The molecule has 2 aromatic rings. The number of nitrogens with zero attached hydrogens (tertiary/aromatic N) is 1. The average molecular weight is 309 g/mol. The standard InChI is InChI=1S/C14H15NO3S2/c1-10-8-14(19-13(10)9-16)20(17,18)15-7-6-11-4-2-3-5-12(11)15/h2-5,8,16H,6-7,9H2,1H3. The molecule has 106 valence electrons. The van der Waals surface area contributed by atoms with E-state index in [9.17, 15) is 13.5 Å². The molecule has 1 aliphatic rings. The Hall–Kier alpha value is -1.37. The lowest BCUT2D eigenvalue weighted by Gasteiger charge is -2.18. The lowest BCUT2D eigenvalue weighted by atomic mass is 10.2. The van der Waals surface area contributed by atoms with Crippen molar-refractivity contribution in [1.29, 1.82) is 0 Å². The van der Waals surface area contributed by atoms with E-state index in [0.717, 1.165) is 34.6 Å². The van der Waals surface area contributed by atoms with Crippen LogP contribution in [0.3, 0.4) is 0 Å². The SMILES string of the molecule is Cc1cc(S(=O)(=O)N2CCc3ccccc32)sc1CO. The van der Waals surface area contributed by atoms with Crippen molar-refractivity contribution in [1.82, 2.24) is 0 Å². The van der Waals surface area contributed by atoms with Gasteiger partial charge in [0.2, 0.25) is 0 Å². The van der Waals surface area contributed by atoms with Crippen LogP contribution in [0, 0.1) is 6.92 Å². The molecule has 1 aromatic heterocycles. The Morgan fingerprint density at radius 2 is 2.10 bits per heavy atom. The Balaban J connectivity index is 2.05. The van der Waals surface area contributed by atoms with Crippen LogP contribution in [0.25, 0.3) is 0 Å². The smallest absolute Gasteiger partial charge is 0.273 e. The second-order valence-corrected chi connectivity index (χ2v) is 8.01. The molecule has 20 heavy (non-hydrogen) atoms. The Morgan fingerprint density at radius 1 is 1.35 bits per heavy atom. The van der Waals surface area contributed by atoms with Crippen molar-refractivity contribution in [3.8, 4) is 0 Å². The van der Waals surface area contributed by atoms with E-state index in [0.29, 0.717) is 15.6 Å². The summed E-state index contributed by atoms with van der Waals surface area (Å²) in [5.41, 5.74) is 2.65. The van der Waals surface area contributed by atoms with Crippen LogP contribution >= 0.6 is 11.3 Å². The monoisotopic (exact) mass is 309 g/mol. The van der Waals surface area contributed by atoms with Gasteiger partial charge in [-0.15, -0.1) is 11.3 Å². The highest BCUT2D eigenvalue weighted by atomic mass is 32.2. The zero-order valence-corrected chi connectivity index (χ0v) is 12.7. The van der Waals surface area contributed by atoms with Gasteiger partial charge in [-0.25, -0.2) is 8.42 Å². The summed E-state index contributed by atoms with van der Waals surface area (Å²) in [5, 5.41) is 9.22. The first-order chi connectivity index (χ1) is 9.54. The molecule has 0 saturated heterocycles. The second kappa shape index (κ2) is 4.87. The van der Waals surface area contributed by atoms with Crippen molar-refractivity contribution in [3.05, 3.63) is 46.3 Å². The minimum atomic E-state index is -3.52. The molecule has 0 amide bonds. The summed E-state index contributed by atoms with van der Waals surface area (Å²) in [6.07, 6.45) is 0.743. The molecule has 0 aliphatic carbocycles. The lowest BCUT2D eigenvalue weighted by molar-refractivity contribution is 0.285. The molecule has 0 fully saturated rings. The van der Waals surface area contributed by atoms with Gasteiger partial charge in [-0.1, -0.05) is 18.2 Å². The van der Waals surface area contributed by atoms with E-state index >= 15 is 0 Å². The van der Waals surface area contributed by atoms with Gasteiger partial charge in [0.15, 0.2) is 0 Å². The molecule has 4 nitrogen and oxygen atoms in total. The highest BCUT2D eigenvalue weighted by molar-refractivity contribution is 7.94. The van der Waals surface area contributed by atoms with E-state index in [4.69, 9.17) is 0 Å². The van der Waals surface area contributed by atoms with Crippen LogP contribution < -0.4 is 4.31 Å². The van der Waals surface area contributed by atoms with Gasteiger partial charge < -0.3 is 5.11 Å². The molecule has 2 heterocycles. The summed E-state index contributed by atoms with van der Waals surface area (Å²) in [6, 6.07) is 9.23. The summed E-state index contributed by atoms with van der Waals surface area (Å²) < 4.78 is 27.2. The van der Waals surface area contributed by atoms with Gasteiger partial charge >= 0.3 is 0 Å². The molecule has 1 aromatic carbocycles. The quantitative estimate of drug-likeness (QED) is 0.946. The maximum atomic E-state index is 12.7. The number of anilines is 1. The third kappa shape index (κ3) is 2.04. The van der Waals surface area contributed by atoms with Crippen LogP contribution in [-0.2, 0) is 23.1 Å². The highest BCUT2D eigenvalue weighted by Gasteiger charge is 2.32. The number of sulfonamides is 1. The fourth-order valence-corrected chi connectivity index (χ4v) is 5.51. The zero-order valence-electron chi connectivity index (χ0n) is 11.0. The summed E-state index contributed by atoms with van der Waals surface area (Å²) >= 11 is 1.15. The van der Waals surface area contributed by atoms with Crippen molar-refractivity contribution < 1.29 is 13.5 Å². The number of aliphatic hydroxyl groups excluding tert-OH is 1. The third-order valence-corrected chi connectivity index (χ3v) is 7.01. The van der Waals surface area contributed by atoms with E-state index in [2.05, 4.69) is 0 Å². The Bertz CT molecular complexity index is 750. The molecular formula is C14H15NO3S2. The number of para-hydroxylation sites is 1. The molecule has 0 radical (unpaired) electrons. The first-order valence-electron chi connectivity index (χ1n) is 6.35. The molecule has 0 bridgehead atoms. The summed E-state index contributed by atoms with van der Waals surface area (Å²) in [4.78, 5) is 0.705. The average Bonchev–Trinajstić information content (AvgIpc) is 3.02. The summed E-state index contributed by atoms with van der Waals surface area (Å²) in [7, 11) is -3.52. The Morgan fingerprint density at radius 3 is 2.80 bits per heavy atom. The van der Waals surface area contributed by atoms with E-state index in [1.807, 2.05) is 31.2 Å². The largest absolute Gasteiger partial charge is 0.391 e. The van der Waals surface area contributed by atoms with Gasteiger partial charge in [0.25, 0.3) is 10.0 Å². The lowest BCUT2D eigenvalue weighted by Crippen LogP contribution is -2.28. The van der Waals surface area contributed by atoms with Crippen LogP contribution in [-0.4, -0.2) is 20.1 Å². The van der Waals surface area contributed by atoms with Crippen molar-refractivity contribution in [2.24, 2.45) is 0 Å². The van der Waals surface area contributed by atoms with Gasteiger partial charge in [0.05, 0.1) is 12.3 Å². The number of rotatable bonds is 3. The van der Waals surface area contributed by atoms with Crippen molar-refractivity contribution in [2.75, 3.05) is 10.8 Å². The first-order valence-corrected chi connectivity index (χ1v) is 8.60. The van der Waals surface area contributed by atoms with Crippen LogP contribution in [0.15, 0.2) is 34.5 Å². The molecular weight excluding hydrogens is 294 g/mol. The van der Waals surface area contributed by atoms with Gasteiger partial charge in [0, 0.05) is 11.4 Å². The fraction of sp³-hybridized carbons (Fsp3) is 0.286. The Labute approximate surface area is 122 Å². The predicted molar refractivity (Wildman–Crippen MR) is 79.7 cm³/mol. The predicted octanol–water partition coefficient (Wildman–Crippen LogP) is 2.30. The topological polar surface area (TPSA) is 57.6 Å². The Kier molecular flexibility index (Phi) is 3.32. The number of hydrogen-bond donors (Lipinski definition) is 1. The number of aliphatic hydroxyl groups is 1. The summed E-state index contributed by atoms with van der Waals surface area (Å²) in [6.45, 7) is 2.18. The molecule has 0 spiro atoms. The third-order valence-electron chi connectivity index (χ3n) is 3.53. The zero-order chi connectivity index (χ0) is 14.3. The molecule has 0 saturated carbocycles. The number of thiophene rings is 1. The van der Waals surface area contributed by atoms with E-state index in [-0.39, 0.29) is 6.61 Å². The van der Waals surface area contributed by atoms with E-state index < -0.39 is 10.0 Å². The van der Waals surface area contributed by atoms with Crippen molar-refractivity contribution in [2.45, 2.75) is 24.2 Å². The van der Waals surface area contributed by atoms with Crippen LogP contribution in [0.5, 0.6) is 0 Å². The van der Waals surface area contributed by atoms with Crippen molar-refractivity contribution in [3.63, 3.8) is 0 Å². The maximum absolute atomic E-state index is 12.7.